The third kappa shape index (κ3) is 10.7. The molecule has 0 saturated carbocycles. The zero-order chi connectivity index (χ0) is 8.53. The van der Waals surface area contributed by atoms with Crippen molar-refractivity contribution in [2.24, 2.45) is 0 Å². The Bertz CT molecular complexity index is 76.5. The Morgan fingerprint density at radius 1 is 1.27 bits per heavy atom. The Balaban J connectivity index is 2.80. The highest BCUT2D eigenvalue weighted by molar-refractivity contribution is 7.80. The van der Waals surface area contributed by atoms with E-state index in [0.29, 0.717) is 5.25 Å². The van der Waals surface area contributed by atoms with Crippen molar-refractivity contribution in [1.82, 2.24) is 0 Å². The Morgan fingerprint density at radius 2 is 2.00 bits per heavy atom. The summed E-state index contributed by atoms with van der Waals surface area (Å²) < 4.78 is 5.26. The maximum atomic E-state index is 5.26. The Kier molecular flexibility index (Phi) is 9.28. The van der Waals surface area contributed by atoms with Gasteiger partial charge in [-0.05, 0) is 18.1 Å². The number of ether oxygens (including phenoxy) is 1. The standard InChI is InChI=1S/C8H18OS2/c1-8(11)4-2-3-5-9-6-7-10/h8,10-11H,2-7H2,1H3. The maximum absolute atomic E-state index is 5.26. The van der Waals surface area contributed by atoms with Crippen molar-refractivity contribution < 1.29 is 4.74 Å². The molecule has 0 aromatic rings. The number of rotatable bonds is 7. The van der Waals surface area contributed by atoms with Crippen LogP contribution < -0.4 is 0 Å². The number of unbranched alkanes of at least 4 members (excludes halogenated alkanes) is 1. The van der Waals surface area contributed by atoms with Crippen LogP contribution in [0.3, 0.4) is 0 Å². The van der Waals surface area contributed by atoms with Gasteiger partial charge in [0.25, 0.3) is 0 Å². The maximum Gasteiger partial charge on any atom is 0.0554 e. The van der Waals surface area contributed by atoms with Gasteiger partial charge in [-0.3, -0.25) is 0 Å². The number of hydrogen-bond donors (Lipinski definition) is 2. The lowest BCUT2D eigenvalue weighted by atomic mass is 10.2. The molecule has 0 aromatic carbocycles. The minimum absolute atomic E-state index is 0.528. The van der Waals surface area contributed by atoms with E-state index in [-0.39, 0.29) is 0 Å². The van der Waals surface area contributed by atoms with E-state index in [1.165, 1.54) is 12.8 Å². The second kappa shape index (κ2) is 8.75. The van der Waals surface area contributed by atoms with Crippen LogP contribution >= 0.6 is 25.3 Å². The van der Waals surface area contributed by atoms with Gasteiger partial charge in [0.05, 0.1) is 6.61 Å². The van der Waals surface area contributed by atoms with E-state index in [4.69, 9.17) is 4.74 Å². The SMILES string of the molecule is CC(S)CCCCOCCS. The fourth-order valence-corrected chi connectivity index (χ4v) is 1.12. The monoisotopic (exact) mass is 194 g/mol. The molecule has 0 N–H and O–H groups in total. The molecule has 3 heteroatoms. The highest BCUT2D eigenvalue weighted by Gasteiger charge is 1.93. The minimum atomic E-state index is 0.528. The van der Waals surface area contributed by atoms with Gasteiger partial charge in [0, 0.05) is 12.4 Å². The number of hydrogen-bond acceptors (Lipinski definition) is 3. The van der Waals surface area contributed by atoms with Crippen LogP contribution in [0.2, 0.25) is 0 Å². The molecule has 11 heavy (non-hydrogen) atoms. The summed E-state index contributed by atoms with van der Waals surface area (Å²) in [6.45, 7) is 3.78. The molecule has 0 radical (unpaired) electrons. The molecular formula is C8H18OS2. The first-order chi connectivity index (χ1) is 5.27. The molecule has 0 saturated heterocycles. The summed E-state index contributed by atoms with van der Waals surface area (Å²) in [4.78, 5) is 0. The predicted octanol–water partition coefficient (Wildman–Crippen LogP) is 2.42. The van der Waals surface area contributed by atoms with Crippen LogP contribution in [0.1, 0.15) is 26.2 Å². The summed E-state index contributed by atoms with van der Waals surface area (Å²) in [5, 5.41) is 0.528. The molecular weight excluding hydrogens is 176 g/mol. The van der Waals surface area contributed by atoms with Crippen molar-refractivity contribution in [3.8, 4) is 0 Å². The van der Waals surface area contributed by atoms with Crippen molar-refractivity contribution in [2.75, 3.05) is 19.0 Å². The zero-order valence-corrected chi connectivity index (χ0v) is 8.91. The first kappa shape index (κ1) is 11.7. The highest BCUT2D eigenvalue weighted by Crippen LogP contribution is 2.05. The van der Waals surface area contributed by atoms with E-state index in [9.17, 15) is 0 Å². The first-order valence-electron chi connectivity index (χ1n) is 4.14. The molecule has 0 aliphatic heterocycles. The molecule has 0 amide bonds. The van der Waals surface area contributed by atoms with Gasteiger partial charge in [-0.1, -0.05) is 13.3 Å². The van der Waals surface area contributed by atoms with Crippen LogP contribution in [0, 0.1) is 0 Å². The summed E-state index contributed by atoms with van der Waals surface area (Å²) in [5.74, 6) is 0.822. The summed E-state index contributed by atoms with van der Waals surface area (Å²) in [6, 6.07) is 0. The van der Waals surface area contributed by atoms with Crippen LogP contribution in [-0.4, -0.2) is 24.2 Å². The van der Waals surface area contributed by atoms with Gasteiger partial charge in [-0.25, -0.2) is 0 Å². The van der Waals surface area contributed by atoms with Crippen LogP contribution in [0.25, 0.3) is 0 Å². The Labute approximate surface area is 80.7 Å². The molecule has 0 bridgehead atoms. The van der Waals surface area contributed by atoms with Crippen molar-refractivity contribution in [3.63, 3.8) is 0 Å². The van der Waals surface area contributed by atoms with Crippen molar-refractivity contribution >= 4 is 25.3 Å². The average molecular weight is 194 g/mol. The molecule has 0 fully saturated rings. The van der Waals surface area contributed by atoms with Crippen molar-refractivity contribution in [2.45, 2.75) is 31.4 Å². The normalized spacial score (nSPS) is 13.4. The highest BCUT2D eigenvalue weighted by atomic mass is 32.1. The molecule has 1 unspecified atom stereocenters. The molecule has 0 rings (SSSR count). The fraction of sp³-hybridized carbons (Fsp3) is 1.00. The van der Waals surface area contributed by atoms with E-state index in [1.54, 1.807) is 0 Å². The molecule has 0 aromatic heterocycles. The summed E-state index contributed by atoms with van der Waals surface area (Å²) in [7, 11) is 0. The van der Waals surface area contributed by atoms with E-state index < -0.39 is 0 Å². The first-order valence-corrected chi connectivity index (χ1v) is 5.29. The third-order valence-electron chi connectivity index (χ3n) is 1.40. The van der Waals surface area contributed by atoms with Gasteiger partial charge in [0.15, 0.2) is 0 Å². The molecule has 68 valence electrons. The van der Waals surface area contributed by atoms with Crippen LogP contribution in [-0.2, 0) is 4.74 Å². The minimum Gasteiger partial charge on any atom is -0.381 e. The molecule has 0 aliphatic carbocycles. The van der Waals surface area contributed by atoms with Crippen LogP contribution in [0.5, 0.6) is 0 Å². The summed E-state index contributed by atoms with van der Waals surface area (Å²) >= 11 is 8.33. The quantitative estimate of drug-likeness (QED) is 0.467. The number of thiol groups is 2. The fourth-order valence-electron chi connectivity index (χ4n) is 0.810. The second-order valence-electron chi connectivity index (χ2n) is 2.68. The van der Waals surface area contributed by atoms with Crippen LogP contribution in [0.15, 0.2) is 0 Å². The summed E-state index contributed by atoms with van der Waals surface area (Å²) in [5.41, 5.74) is 0. The lowest BCUT2D eigenvalue weighted by molar-refractivity contribution is 0.145. The zero-order valence-electron chi connectivity index (χ0n) is 7.12. The predicted molar refractivity (Wildman–Crippen MR) is 57.0 cm³/mol. The Hall–Kier alpha value is 0.660. The van der Waals surface area contributed by atoms with E-state index in [0.717, 1.165) is 25.4 Å². The van der Waals surface area contributed by atoms with E-state index >= 15 is 0 Å². The third-order valence-corrected chi connectivity index (χ3v) is 1.84. The molecule has 0 heterocycles. The van der Waals surface area contributed by atoms with Gasteiger partial charge in [-0.2, -0.15) is 25.3 Å². The lowest BCUT2D eigenvalue weighted by Crippen LogP contribution is -1.99. The van der Waals surface area contributed by atoms with E-state index in [1.807, 2.05) is 0 Å². The van der Waals surface area contributed by atoms with Gasteiger partial charge >= 0.3 is 0 Å². The average Bonchev–Trinajstić information content (AvgIpc) is 1.96. The largest absolute Gasteiger partial charge is 0.381 e. The van der Waals surface area contributed by atoms with Crippen molar-refractivity contribution in [1.29, 1.82) is 0 Å². The van der Waals surface area contributed by atoms with Gasteiger partial charge in [-0.15, -0.1) is 0 Å². The molecule has 0 spiro atoms. The van der Waals surface area contributed by atoms with Gasteiger partial charge < -0.3 is 4.74 Å². The smallest absolute Gasteiger partial charge is 0.0554 e. The lowest BCUT2D eigenvalue weighted by Gasteiger charge is -2.03. The van der Waals surface area contributed by atoms with Gasteiger partial charge in [0.1, 0.15) is 0 Å². The van der Waals surface area contributed by atoms with Gasteiger partial charge in [0.2, 0.25) is 0 Å². The van der Waals surface area contributed by atoms with E-state index in [2.05, 4.69) is 32.2 Å². The topological polar surface area (TPSA) is 9.23 Å². The van der Waals surface area contributed by atoms with Crippen molar-refractivity contribution in [3.05, 3.63) is 0 Å². The molecule has 1 nitrogen and oxygen atoms in total. The Morgan fingerprint density at radius 3 is 2.55 bits per heavy atom. The molecule has 1 atom stereocenters. The molecule has 0 aliphatic rings. The van der Waals surface area contributed by atoms with Crippen LogP contribution in [0.4, 0.5) is 0 Å². The summed E-state index contributed by atoms with van der Waals surface area (Å²) in [6.07, 6.45) is 3.56. The second-order valence-corrected chi connectivity index (χ2v) is 4.01.